The Morgan fingerprint density at radius 1 is 1.38 bits per heavy atom. The minimum Gasteiger partial charge on any atom is -0.376 e. The van der Waals surface area contributed by atoms with E-state index in [0.29, 0.717) is 32.3 Å². The summed E-state index contributed by atoms with van der Waals surface area (Å²) in [6, 6.07) is 1.71. The van der Waals surface area contributed by atoms with Gasteiger partial charge in [-0.25, -0.2) is 9.48 Å². The standard InChI is InChI=1S/C17H28N4O3/c1-20(12-15-13-23-9-10-24-15)17(22)19-16-7-8-18-21(16)11-14-5-3-2-4-6-14/h7-8,14-15H,2-6,9-13H2,1H3,(H,19,22)/t15-/m1/s1. The van der Waals surface area contributed by atoms with Crippen molar-refractivity contribution in [3.05, 3.63) is 12.3 Å². The molecular formula is C17H28N4O3. The lowest BCUT2D eigenvalue weighted by atomic mass is 9.89. The molecule has 1 saturated heterocycles. The first-order chi connectivity index (χ1) is 11.7. The number of likely N-dealkylation sites (N-methyl/N-ethyl adjacent to an activating group) is 1. The van der Waals surface area contributed by atoms with Gasteiger partial charge in [0.15, 0.2) is 0 Å². The number of rotatable bonds is 5. The largest absolute Gasteiger partial charge is 0.376 e. The fourth-order valence-corrected chi connectivity index (χ4v) is 3.43. The third-order valence-corrected chi connectivity index (χ3v) is 4.82. The number of carbonyl (C=O) groups is 1. The van der Waals surface area contributed by atoms with Gasteiger partial charge in [-0.15, -0.1) is 0 Å². The second-order valence-electron chi connectivity index (χ2n) is 6.78. The molecule has 2 fully saturated rings. The molecule has 0 bridgehead atoms. The van der Waals surface area contributed by atoms with Crippen molar-refractivity contribution in [2.45, 2.75) is 44.8 Å². The molecule has 1 atom stereocenters. The van der Waals surface area contributed by atoms with Crippen LogP contribution in [0.2, 0.25) is 0 Å². The van der Waals surface area contributed by atoms with Gasteiger partial charge in [-0.3, -0.25) is 5.32 Å². The Morgan fingerprint density at radius 2 is 2.21 bits per heavy atom. The average Bonchev–Trinajstić information content (AvgIpc) is 3.03. The molecule has 0 aromatic carbocycles. The summed E-state index contributed by atoms with van der Waals surface area (Å²) in [6.45, 7) is 3.16. The van der Waals surface area contributed by atoms with Crippen LogP contribution in [0.4, 0.5) is 10.6 Å². The molecule has 134 valence electrons. The van der Waals surface area contributed by atoms with Crippen molar-refractivity contribution in [2.24, 2.45) is 5.92 Å². The van der Waals surface area contributed by atoms with Crippen LogP contribution in [0.1, 0.15) is 32.1 Å². The smallest absolute Gasteiger partial charge is 0.322 e. The summed E-state index contributed by atoms with van der Waals surface area (Å²) >= 11 is 0. The van der Waals surface area contributed by atoms with Gasteiger partial charge in [0.25, 0.3) is 0 Å². The highest BCUT2D eigenvalue weighted by Crippen LogP contribution is 2.25. The maximum absolute atomic E-state index is 12.4. The summed E-state index contributed by atoms with van der Waals surface area (Å²) in [6.07, 6.45) is 8.16. The molecule has 1 aromatic heterocycles. The minimum absolute atomic E-state index is 0.0540. The van der Waals surface area contributed by atoms with E-state index in [0.717, 1.165) is 12.4 Å². The number of aromatic nitrogens is 2. The first-order valence-electron chi connectivity index (χ1n) is 8.95. The van der Waals surface area contributed by atoms with Gasteiger partial charge in [0, 0.05) is 19.7 Å². The zero-order valence-electron chi connectivity index (χ0n) is 14.4. The first kappa shape index (κ1) is 17.2. The molecule has 3 rings (SSSR count). The number of carbonyl (C=O) groups excluding carboxylic acids is 1. The normalized spacial score (nSPS) is 22.3. The van der Waals surface area contributed by atoms with Crippen LogP contribution in [0.25, 0.3) is 0 Å². The zero-order chi connectivity index (χ0) is 16.8. The van der Waals surface area contributed by atoms with E-state index in [1.54, 1.807) is 18.1 Å². The predicted octanol–water partition coefficient (Wildman–Crippen LogP) is 2.34. The Labute approximate surface area is 143 Å². The molecule has 2 aliphatic rings. The second-order valence-corrected chi connectivity index (χ2v) is 6.78. The first-order valence-corrected chi connectivity index (χ1v) is 8.95. The molecule has 1 N–H and O–H groups in total. The van der Waals surface area contributed by atoms with Crippen molar-refractivity contribution in [1.82, 2.24) is 14.7 Å². The van der Waals surface area contributed by atoms with Crippen LogP contribution in [0, 0.1) is 5.92 Å². The van der Waals surface area contributed by atoms with Crippen LogP contribution in [0.5, 0.6) is 0 Å². The van der Waals surface area contributed by atoms with Gasteiger partial charge < -0.3 is 14.4 Å². The van der Waals surface area contributed by atoms with Gasteiger partial charge in [0.1, 0.15) is 5.82 Å². The maximum atomic E-state index is 12.4. The van der Waals surface area contributed by atoms with E-state index in [2.05, 4.69) is 10.4 Å². The van der Waals surface area contributed by atoms with Gasteiger partial charge in [-0.1, -0.05) is 19.3 Å². The summed E-state index contributed by atoms with van der Waals surface area (Å²) in [5.41, 5.74) is 0. The van der Waals surface area contributed by atoms with Crippen LogP contribution in [-0.2, 0) is 16.0 Å². The maximum Gasteiger partial charge on any atom is 0.322 e. The lowest BCUT2D eigenvalue weighted by molar-refractivity contribution is -0.0925. The van der Waals surface area contributed by atoms with Crippen molar-refractivity contribution in [1.29, 1.82) is 0 Å². The second kappa shape index (κ2) is 8.48. The molecule has 24 heavy (non-hydrogen) atoms. The molecule has 2 heterocycles. The summed E-state index contributed by atoms with van der Waals surface area (Å²) in [5.74, 6) is 1.43. The lowest BCUT2D eigenvalue weighted by Gasteiger charge is -2.27. The van der Waals surface area contributed by atoms with Gasteiger partial charge in [-0.2, -0.15) is 5.10 Å². The predicted molar refractivity (Wildman–Crippen MR) is 91.0 cm³/mol. The minimum atomic E-state index is -0.144. The highest BCUT2D eigenvalue weighted by molar-refractivity contribution is 5.88. The number of anilines is 1. The Bertz CT molecular complexity index is 522. The Kier molecular flexibility index (Phi) is 6.09. The van der Waals surface area contributed by atoms with Gasteiger partial charge in [0.05, 0.1) is 38.7 Å². The van der Waals surface area contributed by atoms with Crippen molar-refractivity contribution in [3.63, 3.8) is 0 Å². The average molecular weight is 336 g/mol. The molecule has 1 aromatic rings. The SMILES string of the molecule is CN(C[C@@H]1COCCO1)C(=O)Nc1ccnn1CC1CCCCC1. The quantitative estimate of drug-likeness (QED) is 0.896. The van der Waals surface area contributed by atoms with Crippen LogP contribution >= 0.6 is 0 Å². The third kappa shape index (κ3) is 4.70. The highest BCUT2D eigenvalue weighted by atomic mass is 16.6. The fourth-order valence-electron chi connectivity index (χ4n) is 3.43. The molecule has 2 amide bonds. The van der Waals surface area contributed by atoms with E-state index in [1.807, 2.05) is 10.7 Å². The molecule has 1 aliphatic heterocycles. The molecule has 0 radical (unpaired) electrons. The van der Waals surface area contributed by atoms with E-state index >= 15 is 0 Å². The number of urea groups is 1. The molecule has 1 aliphatic carbocycles. The Morgan fingerprint density at radius 3 is 2.96 bits per heavy atom. The van der Waals surface area contributed by atoms with Gasteiger partial charge in [0.2, 0.25) is 0 Å². The molecule has 0 unspecified atom stereocenters. The van der Waals surface area contributed by atoms with E-state index in [1.165, 1.54) is 32.1 Å². The number of nitrogens with one attached hydrogen (secondary N) is 1. The number of hydrogen-bond donors (Lipinski definition) is 1. The lowest BCUT2D eigenvalue weighted by Crippen LogP contribution is -2.42. The zero-order valence-corrected chi connectivity index (χ0v) is 14.4. The molecule has 1 saturated carbocycles. The Hall–Kier alpha value is -1.60. The molecule has 0 spiro atoms. The van der Waals surface area contributed by atoms with Crippen LogP contribution in [0.15, 0.2) is 12.3 Å². The number of hydrogen-bond acceptors (Lipinski definition) is 4. The summed E-state index contributed by atoms with van der Waals surface area (Å²) in [4.78, 5) is 14.0. The summed E-state index contributed by atoms with van der Waals surface area (Å²) in [7, 11) is 1.77. The van der Waals surface area contributed by atoms with Crippen molar-refractivity contribution in [3.8, 4) is 0 Å². The highest BCUT2D eigenvalue weighted by Gasteiger charge is 2.21. The molecule has 7 heteroatoms. The van der Waals surface area contributed by atoms with Crippen LogP contribution in [-0.4, -0.2) is 60.2 Å². The summed E-state index contributed by atoms with van der Waals surface area (Å²) < 4.78 is 12.9. The third-order valence-electron chi connectivity index (χ3n) is 4.82. The van der Waals surface area contributed by atoms with Crippen LogP contribution in [0.3, 0.4) is 0 Å². The fraction of sp³-hybridized carbons (Fsp3) is 0.765. The van der Waals surface area contributed by atoms with Gasteiger partial charge >= 0.3 is 6.03 Å². The van der Waals surface area contributed by atoms with E-state index in [4.69, 9.17) is 9.47 Å². The number of amides is 2. The van der Waals surface area contributed by atoms with Crippen molar-refractivity contribution >= 4 is 11.8 Å². The monoisotopic (exact) mass is 336 g/mol. The Balaban J connectivity index is 1.51. The van der Waals surface area contributed by atoms with Crippen LogP contribution < -0.4 is 5.32 Å². The van der Waals surface area contributed by atoms with Gasteiger partial charge in [-0.05, 0) is 18.8 Å². The van der Waals surface area contributed by atoms with E-state index < -0.39 is 0 Å². The molecule has 7 nitrogen and oxygen atoms in total. The van der Waals surface area contributed by atoms with E-state index in [-0.39, 0.29) is 12.1 Å². The van der Waals surface area contributed by atoms with E-state index in [9.17, 15) is 4.79 Å². The van der Waals surface area contributed by atoms with Crippen molar-refractivity contribution < 1.29 is 14.3 Å². The topological polar surface area (TPSA) is 68.6 Å². The summed E-state index contributed by atoms with van der Waals surface area (Å²) in [5, 5.41) is 7.34. The molecular weight excluding hydrogens is 308 g/mol. The number of nitrogens with zero attached hydrogens (tertiary/aromatic N) is 3. The van der Waals surface area contributed by atoms with Crippen molar-refractivity contribution in [2.75, 3.05) is 38.7 Å². The number of ether oxygens (including phenoxy) is 2.